The highest BCUT2D eigenvalue weighted by atomic mass is 19.4. The van der Waals surface area contributed by atoms with E-state index in [2.05, 4.69) is 4.98 Å². The van der Waals surface area contributed by atoms with Crippen molar-refractivity contribution >= 4 is 11.4 Å². The number of pyridine rings is 1. The van der Waals surface area contributed by atoms with Gasteiger partial charge in [0.2, 0.25) is 0 Å². The SMILES string of the molecule is Cc1nc(C)c([N+](=O)[O-])c(-c2ccccc2C(F)(F)F)c1[N+](=O)[O-]. The van der Waals surface area contributed by atoms with Crippen molar-refractivity contribution < 1.29 is 23.0 Å². The number of hydrogen-bond donors (Lipinski definition) is 0. The largest absolute Gasteiger partial charge is 0.417 e. The summed E-state index contributed by atoms with van der Waals surface area (Å²) in [5, 5.41) is 22.6. The first kappa shape index (κ1) is 17.3. The minimum absolute atomic E-state index is 0.199. The molecule has 0 aliphatic rings. The molecule has 0 radical (unpaired) electrons. The van der Waals surface area contributed by atoms with Crippen molar-refractivity contribution in [3.63, 3.8) is 0 Å². The molecule has 2 rings (SSSR count). The van der Waals surface area contributed by atoms with Crippen LogP contribution < -0.4 is 0 Å². The van der Waals surface area contributed by atoms with E-state index in [0.717, 1.165) is 12.1 Å². The van der Waals surface area contributed by atoms with Gasteiger partial charge < -0.3 is 0 Å². The molecule has 0 atom stereocenters. The topological polar surface area (TPSA) is 99.2 Å². The summed E-state index contributed by atoms with van der Waals surface area (Å²) in [6.07, 6.45) is -4.83. The van der Waals surface area contributed by atoms with E-state index in [1.165, 1.54) is 19.9 Å². The summed E-state index contributed by atoms with van der Waals surface area (Å²) in [5.41, 5.74) is -4.54. The van der Waals surface area contributed by atoms with Gasteiger partial charge in [0.05, 0.1) is 15.4 Å². The molecule has 0 unspecified atom stereocenters. The molecular weight excluding hydrogens is 331 g/mol. The van der Waals surface area contributed by atoms with Crippen LogP contribution in [0, 0.1) is 34.1 Å². The molecule has 10 heteroatoms. The average Bonchev–Trinajstić information content (AvgIpc) is 2.44. The van der Waals surface area contributed by atoms with E-state index in [1.807, 2.05) is 0 Å². The molecule has 0 spiro atoms. The van der Waals surface area contributed by atoms with Crippen LogP contribution >= 0.6 is 0 Å². The third-order valence-corrected chi connectivity index (χ3v) is 3.36. The molecule has 0 N–H and O–H groups in total. The summed E-state index contributed by atoms with van der Waals surface area (Å²) in [6.45, 7) is 2.43. The van der Waals surface area contributed by atoms with E-state index >= 15 is 0 Å². The maximum atomic E-state index is 13.2. The van der Waals surface area contributed by atoms with Gasteiger partial charge in [0, 0.05) is 5.56 Å². The molecule has 0 saturated carbocycles. The zero-order valence-corrected chi connectivity index (χ0v) is 12.4. The maximum absolute atomic E-state index is 13.2. The zero-order chi connectivity index (χ0) is 18.2. The number of nitro groups is 2. The second kappa shape index (κ2) is 5.87. The Morgan fingerprint density at radius 2 is 1.42 bits per heavy atom. The second-order valence-corrected chi connectivity index (χ2v) is 4.91. The van der Waals surface area contributed by atoms with Crippen molar-refractivity contribution in [2.45, 2.75) is 20.0 Å². The van der Waals surface area contributed by atoms with Gasteiger partial charge >= 0.3 is 17.6 Å². The van der Waals surface area contributed by atoms with Crippen LogP contribution in [0.25, 0.3) is 11.1 Å². The Balaban J connectivity index is 3.04. The number of nitrogens with zero attached hydrogens (tertiary/aromatic N) is 3. The van der Waals surface area contributed by atoms with Gasteiger partial charge in [-0.05, 0) is 19.9 Å². The van der Waals surface area contributed by atoms with Gasteiger partial charge in [-0.15, -0.1) is 0 Å². The van der Waals surface area contributed by atoms with E-state index in [4.69, 9.17) is 0 Å². The first-order chi connectivity index (χ1) is 11.1. The van der Waals surface area contributed by atoms with E-state index in [1.54, 1.807) is 0 Å². The minimum atomic E-state index is -4.83. The Morgan fingerprint density at radius 3 is 1.83 bits per heavy atom. The fourth-order valence-corrected chi connectivity index (χ4v) is 2.48. The Kier molecular flexibility index (Phi) is 4.24. The Labute approximate surface area is 133 Å². The fourth-order valence-electron chi connectivity index (χ4n) is 2.48. The maximum Gasteiger partial charge on any atom is 0.417 e. The summed E-state index contributed by atoms with van der Waals surface area (Å²) >= 11 is 0. The van der Waals surface area contributed by atoms with Gasteiger partial charge in [0.1, 0.15) is 17.0 Å². The average molecular weight is 341 g/mol. The molecule has 1 aromatic heterocycles. The number of aromatic nitrogens is 1. The Hall–Kier alpha value is -3.04. The van der Waals surface area contributed by atoms with Crippen molar-refractivity contribution in [3.8, 4) is 11.1 Å². The quantitative estimate of drug-likeness (QED) is 0.615. The van der Waals surface area contributed by atoms with Crippen molar-refractivity contribution in [2.24, 2.45) is 0 Å². The van der Waals surface area contributed by atoms with Gasteiger partial charge in [-0.1, -0.05) is 18.2 Å². The summed E-state index contributed by atoms with van der Waals surface area (Å²) < 4.78 is 39.7. The van der Waals surface area contributed by atoms with Crippen molar-refractivity contribution in [1.82, 2.24) is 4.98 Å². The fraction of sp³-hybridized carbons (Fsp3) is 0.214. The number of benzene rings is 1. The highest BCUT2D eigenvalue weighted by Crippen LogP contribution is 2.45. The Bertz CT molecular complexity index is 812. The molecule has 0 amide bonds. The summed E-state index contributed by atoms with van der Waals surface area (Å²) in [4.78, 5) is 24.5. The van der Waals surface area contributed by atoms with Crippen molar-refractivity contribution in [2.75, 3.05) is 0 Å². The van der Waals surface area contributed by atoms with Crippen LogP contribution in [0.2, 0.25) is 0 Å². The normalized spacial score (nSPS) is 11.4. The van der Waals surface area contributed by atoms with Crippen LogP contribution in [-0.4, -0.2) is 14.8 Å². The molecule has 0 saturated heterocycles. The molecule has 0 bridgehead atoms. The van der Waals surface area contributed by atoms with Gasteiger partial charge in [0.25, 0.3) is 0 Å². The van der Waals surface area contributed by atoms with Gasteiger partial charge in [0.15, 0.2) is 0 Å². The number of halogens is 3. The lowest BCUT2D eigenvalue weighted by molar-refractivity contribution is -0.394. The minimum Gasteiger partial charge on any atom is -0.258 e. The van der Waals surface area contributed by atoms with E-state index < -0.39 is 44.1 Å². The molecule has 0 fully saturated rings. The lowest BCUT2D eigenvalue weighted by Gasteiger charge is -2.14. The first-order valence-corrected chi connectivity index (χ1v) is 6.52. The first-order valence-electron chi connectivity index (χ1n) is 6.52. The summed E-state index contributed by atoms with van der Waals surface area (Å²) in [5.74, 6) is 0. The second-order valence-electron chi connectivity index (χ2n) is 4.91. The molecule has 126 valence electrons. The lowest BCUT2D eigenvalue weighted by Crippen LogP contribution is -2.10. The van der Waals surface area contributed by atoms with E-state index in [9.17, 15) is 33.4 Å². The Morgan fingerprint density at radius 1 is 0.958 bits per heavy atom. The monoisotopic (exact) mass is 341 g/mol. The predicted octanol–water partition coefficient (Wildman–Crippen LogP) is 4.20. The molecule has 0 aliphatic heterocycles. The smallest absolute Gasteiger partial charge is 0.258 e. The molecule has 24 heavy (non-hydrogen) atoms. The molecule has 1 heterocycles. The van der Waals surface area contributed by atoms with Gasteiger partial charge in [-0.3, -0.25) is 20.2 Å². The number of aryl methyl sites for hydroxylation is 2. The molecule has 0 aliphatic carbocycles. The van der Waals surface area contributed by atoms with Gasteiger partial charge in [-0.25, -0.2) is 4.98 Å². The third-order valence-electron chi connectivity index (χ3n) is 3.36. The summed E-state index contributed by atoms with van der Waals surface area (Å²) in [7, 11) is 0. The predicted molar refractivity (Wildman–Crippen MR) is 77.5 cm³/mol. The molecule has 7 nitrogen and oxygen atoms in total. The molecule has 1 aromatic carbocycles. The lowest BCUT2D eigenvalue weighted by atomic mass is 9.95. The number of alkyl halides is 3. The zero-order valence-electron chi connectivity index (χ0n) is 12.4. The van der Waals surface area contributed by atoms with Crippen molar-refractivity contribution in [3.05, 3.63) is 61.4 Å². The molecular formula is C14H10F3N3O4. The van der Waals surface area contributed by atoms with Crippen LogP contribution in [-0.2, 0) is 6.18 Å². The number of rotatable bonds is 3. The van der Waals surface area contributed by atoms with Crippen LogP contribution in [0.4, 0.5) is 24.5 Å². The van der Waals surface area contributed by atoms with Gasteiger partial charge in [-0.2, -0.15) is 13.2 Å². The van der Waals surface area contributed by atoms with E-state index in [-0.39, 0.29) is 11.4 Å². The van der Waals surface area contributed by atoms with Crippen LogP contribution in [0.3, 0.4) is 0 Å². The highest BCUT2D eigenvalue weighted by molar-refractivity contribution is 5.86. The number of hydrogen-bond acceptors (Lipinski definition) is 5. The van der Waals surface area contributed by atoms with Crippen LogP contribution in [0.1, 0.15) is 17.0 Å². The van der Waals surface area contributed by atoms with Crippen LogP contribution in [0.15, 0.2) is 24.3 Å². The summed E-state index contributed by atoms with van der Waals surface area (Å²) in [6, 6.07) is 4.01. The van der Waals surface area contributed by atoms with Crippen LogP contribution in [0.5, 0.6) is 0 Å². The standard InChI is InChI=1S/C14H10F3N3O4/c1-7-12(19(21)22)11(13(20(23)24)8(2)18-7)9-5-3-4-6-10(9)14(15,16)17/h3-6H,1-2H3. The highest BCUT2D eigenvalue weighted by Gasteiger charge is 2.39. The van der Waals surface area contributed by atoms with Crippen molar-refractivity contribution in [1.29, 1.82) is 0 Å². The molecule has 2 aromatic rings. The third kappa shape index (κ3) is 2.90. The van der Waals surface area contributed by atoms with E-state index in [0.29, 0.717) is 6.07 Å².